The van der Waals surface area contributed by atoms with E-state index in [1.54, 1.807) is 18.2 Å². The SMILES string of the molecule is C[C@H]1CNCCN1c1cc(F)cc(-c2ccccc2F)c1. The minimum absolute atomic E-state index is 0.286. The van der Waals surface area contributed by atoms with E-state index in [4.69, 9.17) is 0 Å². The van der Waals surface area contributed by atoms with E-state index in [0.717, 1.165) is 25.3 Å². The number of hydrogen-bond donors (Lipinski definition) is 1. The first-order valence-electron chi connectivity index (χ1n) is 7.18. The molecule has 0 amide bonds. The lowest BCUT2D eigenvalue weighted by molar-refractivity contribution is 0.499. The zero-order valence-electron chi connectivity index (χ0n) is 11.9. The molecule has 1 atom stereocenters. The lowest BCUT2D eigenvalue weighted by Crippen LogP contribution is -2.49. The molecule has 0 aromatic heterocycles. The summed E-state index contributed by atoms with van der Waals surface area (Å²) in [6, 6.07) is 11.5. The van der Waals surface area contributed by atoms with Crippen molar-refractivity contribution in [3.8, 4) is 11.1 Å². The Hall–Kier alpha value is -1.94. The Labute approximate surface area is 123 Å². The normalized spacial score (nSPS) is 18.8. The zero-order chi connectivity index (χ0) is 14.8. The number of piperazine rings is 1. The van der Waals surface area contributed by atoms with E-state index in [2.05, 4.69) is 17.1 Å². The number of nitrogens with zero attached hydrogens (tertiary/aromatic N) is 1. The van der Waals surface area contributed by atoms with Crippen molar-refractivity contribution in [3.05, 3.63) is 54.1 Å². The molecule has 0 aliphatic carbocycles. The molecular weight excluding hydrogens is 270 g/mol. The van der Waals surface area contributed by atoms with Crippen LogP contribution in [0.15, 0.2) is 42.5 Å². The summed E-state index contributed by atoms with van der Waals surface area (Å²) in [5.41, 5.74) is 1.82. The Kier molecular flexibility index (Phi) is 3.88. The zero-order valence-corrected chi connectivity index (χ0v) is 11.9. The maximum Gasteiger partial charge on any atom is 0.131 e. The summed E-state index contributed by atoms with van der Waals surface area (Å²) in [6.45, 7) is 4.66. The van der Waals surface area contributed by atoms with E-state index < -0.39 is 0 Å². The van der Waals surface area contributed by atoms with Gasteiger partial charge in [0, 0.05) is 36.9 Å². The fourth-order valence-corrected chi connectivity index (χ4v) is 2.82. The minimum atomic E-state index is -0.337. The van der Waals surface area contributed by atoms with Crippen LogP contribution in [0.1, 0.15) is 6.92 Å². The van der Waals surface area contributed by atoms with E-state index >= 15 is 0 Å². The molecule has 2 nitrogen and oxygen atoms in total. The highest BCUT2D eigenvalue weighted by Gasteiger charge is 2.19. The monoisotopic (exact) mass is 288 g/mol. The van der Waals surface area contributed by atoms with Crippen LogP contribution in [0.2, 0.25) is 0 Å². The molecule has 21 heavy (non-hydrogen) atoms. The van der Waals surface area contributed by atoms with E-state index in [1.165, 1.54) is 18.2 Å². The molecule has 0 bridgehead atoms. The van der Waals surface area contributed by atoms with Gasteiger partial charge in [0.25, 0.3) is 0 Å². The van der Waals surface area contributed by atoms with Gasteiger partial charge in [-0.2, -0.15) is 0 Å². The van der Waals surface area contributed by atoms with Gasteiger partial charge in [-0.15, -0.1) is 0 Å². The smallest absolute Gasteiger partial charge is 0.131 e. The molecule has 1 saturated heterocycles. The molecule has 2 aromatic carbocycles. The number of benzene rings is 2. The van der Waals surface area contributed by atoms with Crippen LogP contribution in [0.25, 0.3) is 11.1 Å². The van der Waals surface area contributed by atoms with Crippen molar-refractivity contribution < 1.29 is 8.78 Å². The summed E-state index contributed by atoms with van der Waals surface area (Å²) in [7, 11) is 0. The maximum atomic E-state index is 14.0. The van der Waals surface area contributed by atoms with Crippen LogP contribution in [-0.4, -0.2) is 25.7 Å². The summed E-state index contributed by atoms with van der Waals surface area (Å²) in [4.78, 5) is 2.16. The molecule has 4 heteroatoms. The molecule has 1 aliphatic rings. The van der Waals surface area contributed by atoms with Gasteiger partial charge >= 0.3 is 0 Å². The third-order valence-corrected chi connectivity index (χ3v) is 3.90. The summed E-state index contributed by atoms with van der Waals surface area (Å²) in [5, 5.41) is 3.31. The third kappa shape index (κ3) is 2.90. The molecule has 0 unspecified atom stereocenters. The molecule has 0 saturated carbocycles. The van der Waals surface area contributed by atoms with Crippen molar-refractivity contribution in [1.29, 1.82) is 0 Å². The van der Waals surface area contributed by atoms with E-state index in [1.807, 2.05) is 6.07 Å². The molecule has 1 N–H and O–H groups in total. The highest BCUT2D eigenvalue weighted by molar-refractivity contribution is 5.69. The van der Waals surface area contributed by atoms with Crippen LogP contribution < -0.4 is 10.2 Å². The average molecular weight is 288 g/mol. The molecule has 1 aliphatic heterocycles. The van der Waals surface area contributed by atoms with Crippen molar-refractivity contribution >= 4 is 5.69 Å². The van der Waals surface area contributed by atoms with E-state index in [0.29, 0.717) is 11.1 Å². The van der Waals surface area contributed by atoms with Crippen LogP contribution in [0, 0.1) is 11.6 Å². The van der Waals surface area contributed by atoms with Crippen LogP contribution in [0.5, 0.6) is 0 Å². The van der Waals surface area contributed by atoms with Gasteiger partial charge in [-0.3, -0.25) is 0 Å². The third-order valence-electron chi connectivity index (χ3n) is 3.90. The lowest BCUT2D eigenvalue weighted by Gasteiger charge is -2.36. The van der Waals surface area contributed by atoms with Gasteiger partial charge < -0.3 is 10.2 Å². The van der Waals surface area contributed by atoms with Gasteiger partial charge in [0.2, 0.25) is 0 Å². The molecule has 1 fully saturated rings. The lowest BCUT2D eigenvalue weighted by atomic mass is 10.0. The van der Waals surface area contributed by atoms with Gasteiger partial charge in [-0.25, -0.2) is 8.78 Å². The predicted octanol–water partition coefficient (Wildman–Crippen LogP) is 3.43. The van der Waals surface area contributed by atoms with Crippen molar-refractivity contribution in [2.45, 2.75) is 13.0 Å². The van der Waals surface area contributed by atoms with Crippen molar-refractivity contribution in [1.82, 2.24) is 5.32 Å². The first-order chi connectivity index (χ1) is 10.1. The Morgan fingerprint density at radius 2 is 1.95 bits per heavy atom. The van der Waals surface area contributed by atoms with Gasteiger partial charge in [0.1, 0.15) is 11.6 Å². The van der Waals surface area contributed by atoms with Crippen molar-refractivity contribution in [2.24, 2.45) is 0 Å². The number of halogens is 2. The van der Waals surface area contributed by atoms with Gasteiger partial charge in [-0.05, 0) is 36.8 Å². The van der Waals surface area contributed by atoms with Crippen LogP contribution in [-0.2, 0) is 0 Å². The highest BCUT2D eigenvalue weighted by Crippen LogP contribution is 2.29. The molecule has 3 rings (SSSR count). The summed E-state index contributed by atoms with van der Waals surface area (Å²) in [5.74, 6) is -0.668. The quantitative estimate of drug-likeness (QED) is 0.911. The Morgan fingerprint density at radius 3 is 2.71 bits per heavy atom. The second kappa shape index (κ2) is 5.82. The standard InChI is InChI=1S/C17H18F2N2/c1-12-11-20-6-7-21(12)15-9-13(8-14(18)10-15)16-4-2-3-5-17(16)19/h2-5,8-10,12,20H,6-7,11H2,1H3/t12-/m0/s1. The number of anilines is 1. The molecule has 0 spiro atoms. The van der Waals surface area contributed by atoms with E-state index in [9.17, 15) is 8.78 Å². The number of hydrogen-bond acceptors (Lipinski definition) is 2. The average Bonchev–Trinajstić information content (AvgIpc) is 2.47. The Bertz CT molecular complexity index is 642. The first kappa shape index (κ1) is 14.0. The van der Waals surface area contributed by atoms with Gasteiger partial charge in [-0.1, -0.05) is 18.2 Å². The van der Waals surface area contributed by atoms with Crippen LogP contribution >= 0.6 is 0 Å². The second-order valence-corrected chi connectivity index (χ2v) is 5.42. The van der Waals surface area contributed by atoms with Crippen molar-refractivity contribution in [3.63, 3.8) is 0 Å². The topological polar surface area (TPSA) is 15.3 Å². The molecule has 110 valence electrons. The number of nitrogens with one attached hydrogen (secondary N) is 1. The van der Waals surface area contributed by atoms with E-state index in [-0.39, 0.29) is 17.7 Å². The fraction of sp³-hybridized carbons (Fsp3) is 0.294. The molecule has 1 heterocycles. The largest absolute Gasteiger partial charge is 0.366 e. The van der Waals surface area contributed by atoms with Gasteiger partial charge in [0.15, 0.2) is 0 Å². The van der Waals surface area contributed by atoms with Crippen molar-refractivity contribution in [2.75, 3.05) is 24.5 Å². The second-order valence-electron chi connectivity index (χ2n) is 5.42. The summed E-state index contributed by atoms with van der Waals surface area (Å²) >= 11 is 0. The molecule has 0 radical (unpaired) electrons. The minimum Gasteiger partial charge on any atom is -0.366 e. The number of rotatable bonds is 2. The first-order valence-corrected chi connectivity index (χ1v) is 7.18. The highest BCUT2D eigenvalue weighted by atomic mass is 19.1. The predicted molar refractivity (Wildman–Crippen MR) is 81.5 cm³/mol. The fourth-order valence-electron chi connectivity index (χ4n) is 2.82. The van der Waals surface area contributed by atoms with Crippen LogP contribution in [0.3, 0.4) is 0 Å². The summed E-state index contributed by atoms with van der Waals surface area (Å²) in [6.07, 6.45) is 0. The Balaban J connectivity index is 2.02. The summed E-state index contributed by atoms with van der Waals surface area (Å²) < 4.78 is 27.9. The Morgan fingerprint density at radius 1 is 1.14 bits per heavy atom. The maximum absolute atomic E-state index is 14.0. The molecule has 2 aromatic rings. The molecular formula is C17H18F2N2. The van der Waals surface area contributed by atoms with Crippen LogP contribution in [0.4, 0.5) is 14.5 Å². The van der Waals surface area contributed by atoms with Gasteiger partial charge in [0.05, 0.1) is 0 Å².